The summed E-state index contributed by atoms with van der Waals surface area (Å²) in [6.07, 6.45) is 0.799. The number of nitrogens with zero attached hydrogens (tertiary/aromatic N) is 2. The van der Waals surface area contributed by atoms with Gasteiger partial charge >= 0.3 is 6.09 Å². The molecule has 3 rings (SSSR count). The molecule has 1 aromatic rings. The second kappa shape index (κ2) is 5.20. The largest absolute Gasteiger partial charge is 0.444 e. The Morgan fingerprint density at radius 1 is 1.33 bits per heavy atom. The van der Waals surface area contributed by atoms with Gasteiger partial charge in [-0.2, -0.15) is 0 Å². The average molecular weight is 353 g/mol. The molecular formula is C16H21BrN2O2. The van der Waals surface area contributed by atoms with Gasteiger partial charge in [0.25, 0.3) is 0 Å². The van der Waals surface area contributed by atoms with Crippen LogP contribution in [0.25, 0.3) is 0 Å². The zero-order valence-electron chi connectivity index (χ0n) is 12.7. The molecule has 0 aliphatic carbocycles. The molecule has 1 saturated heterocycles. The van der Waals surface area contributed by atoms with E-state index in [2.05, 4.69) is 39.0 Å². The smallest absolute Gasteiger partial charge is 0.410 e. The summed E-state index contributed by atoms with van der Waals surface area (Å²) in [5, 5.41) is 0. The number of rotatable bonds is 0. The molecule has 1 unspecified atom stereocenters. The molecule has 0 bridgehead atoms. The minimum atomic E-state index is -0.433. The summed E-state index contributed by atoms with van der Waals surface area (Å²) in [6, 6.07) is 6.81. The van der Waals surface area contributed by atoms with Crippen molar-refractivity contribution in [2.75, 3.05) is 24.5 Å². The molecule has 2 heterocycles. The predicted molar refractivity (Wildman–Crippen MR) is 86.8 cm³/mol. The fourth-order valence-corrected chi connectivity index (χ4v) is 3.50. The Hall–Kier alpha value is -1.23. The highest BCUT2D eigenvalue weighted by molar-refractivity contribution is 9.10. The van der Waals surface area contributed by atoms with Crippen molar-refractivity contribution in [3.63, 3.8) is 0 Å². The van der Waals surface area contributed by atoms with Crippen LogP contribution >= 0.6 is 15.9 Å². The van der Waals surface area contributed by atoms with Crippen LogP contribution in [0.1, 0.15) is 26.3 Å². The third-order valence-electron chi connectivity index (χ3n) is 3.94. The van der Waals surface area contributed by atoms with E-state index in [1.54, 1.807) is 0 Å². The molecule has 1 atom stereocenters. The highest BCUT2D eigenvalue weighted by Gasteiger charge is 2.36. The van der Waals surface area contributed by atoms with E-state index in [9.17, 15) is 4.79 Å². The molecule has 0 spiro atoms. The number of anilines is 1. The number of hydrogen-bond donors (Lipinski definition) is 0. The first-order chi connectivity index (χ1) is 9.83. The topological polar surface area (TPSA) is 32.8 Å². The molecule has 1 aromatic carbocycles. The highest BCUT2D eigenvalue weighted by Crippen LogP contribution is 2.35. The normalized spacial score (nSPS) is 21.0. The molecule has 1 amide bonds. The molecular weight excluding hydrogens is 332 g/mol. The van der Waals surface area contributed by atoms with Crippen LogP contribution < -0.4 is 4.90 Å². The van der Waals surface area contributed by atoms with Gasteiger partial charge in [0.1, 0.15) is 5.60 Å². The quantitative estimate of drug-likeness (QED) is 0.716. The van der Waals surface area contributed by atoms with Gasteiger partial charge in [0.15, 0.2) is 0 Å². The molecule has 4 nitrogen and oxygen atoms in total. The van der Waals surface area contributed by atoms with Crippen molar-refractivity contribution in [1.82, 2.24) is 4.90 Å². The number of halogens is 1. The van der Waals surface area contributed by atoms with Gasteiger partial charge in [0.2, 0.25) is 0 Å². The third-order valence-corrected chi connectivity index (χ3v) is 4.43. The summed E-state index contributed by atoms with van der Waals surface area (Å²) in [4.78, 5) is 16.5. The van der Waals surface area contributed by atoms with E-state index < -0.39 is 5.60 Å². The van der Waals surface area contributed by atoms with Gasteiger partial charge in [0, 0.05) is 29.8 Å². The highest BCUT2D eigenvalue weighted by atomic mass is 79.9. The molecule has 0 N–H and O–H groups in total. The van der Waals surface area contributed by atoms with Gasteiger partial charge in [-0.15, -0.1) is 0 Å². The number of carbonyl (C=O) groups is 1. The molecule has 21 heavy (non-hydrogen) atoms. The van der Waals surface area contributed by atoms with E-state index in [0.29, 0.717) is 6.04 Å². The molecule has 0 aromatic heterocycles. The Bertz CT molecular complexity index is 568. The van der Waals surface area contributed by atoms with Crippen molar-refractivity contribution in [3.8, 4) is 0 Å². The molecule has 5 heteroatoms. The van der Waals surface area contributed by atoms with Crippen molar-refractivity contribution in [2.45, 2.75) is 38.8 Å². The summed E-state index contributed by atoms with van der Waals surface area (Å²) in [5.41, 5.74) is 2.24. The van der Waals surface area contributed by atoms with Crippen molar-refractivity contribution in [2.24, 2.45) is 0 Å². The number of fused-ring (bicyclic) bond motifs is 3. The number of carbonyl (C=O) groups excluding carboxylic acids is 1. The van der Waals surface area contributed by atoms with Crippen LogP contribution in [-0.4, -0.2) is 42.3 Å². The van der Waals surface area contributed by atoms with Gasteiger partial charge < -0.3 is 14.5 Å². The number of benzene rings is 1. The van der Waals surface area contributed by atoms with Gasteiger partial charge in [-0.3, -0.25) is 0 Å². The lowest BCUT2D eigenvalue weighted by Crippen LogP contribution is -2.54. The van der Waals surface area contributed by atoms with E-state index >= 15 is 0 Å². The predicted octanol–water partition coefficient (Wildman–Crippen LogP) is 3.43. The number of hydrogen-bond acceptors (Lipinski definition) is 3. The van der Waals surface area contributed by atoms with E-state index in [1.807, 2.05) is 25.7 Å². The molecule has 0 saturated carbocycles. The first-order valence-electron chi connectivity index (χ1n) is 7.36. The summed E-state index contributed by atoms with van der Waals surface area (Å²) in [5.74, 6) is 0. The van der Waals surface area contributed by atoms with Crippen LogP contribution in [0, 0.1) is 0 Å². The van der Waals surface area contributed by atoms with Crippen LogP contribution in [0.2, 0.25) is 0 Å². The molecule has 2 aliphatic heterocycles. The van der Waals surface area contributed by atoms with E-state index in [-0.39, 0.29) is 6.09 Å². The number of amides is 1. The Balaban J connectivity index is 1.70. The Morgan fingerprint density at radius 3 is 2.81 bits per heavy atom. The first-order valence-corrected chi connectivity index (χ1v) is 8.16. The standard InChI is InChI=1S/C16H21BrN2O2/c1-16(2,3)21-15(20)18-6-7-19-13(10-18)9-11-8-12(17)4-5-14(11)19/h4-5,8,13H,6-7,9-10H2,1-3H3. The lowest BCUT2D eigenvalue weighted by atomic mass is 10.1. The van der Waals surface area contributed by atoms with Crippen molar-refractivity contribution >= 4 is 27.7 Å². The minimum absolute atomic E-state index is 0.195. The van der Waals surface area contributed by atoms with E-state index in [4.69, 9.17) is 4.74 Å². The van der Waals surface area contributed by atoms with Crippen LogP contribution in [0.4, 0.5) is 10.5 Å². The zero-order valence-corrected chi connectivity index (χ0v) is 14.3. The summed E-state index contributed by atoms with van der Waals surface area (Å²) in [6.45, 7) is 8.05. The SMILES string of the molecule is CC(C)(C)OC(=O)N1CCN2c3ccc(Br)cc3CC2C1. The monoisotopic (exact) mass is 352 g/mol. The maximum Gasteiger partial charge on any atom is 0.410 e. The molecule has 1 fully saturated rings. The van der Waals surface area contributed by atoms with Crippen molar-refractivity contribution in [3.05, 3.63) is 28.2 Å². The van der Waals surface area contributed by atoms with E-state index in [0.717, 1.165) is 30.5 Å². The Labute approximate surface area is 134 Å². The van der Waals surface area contributed by atoms with Gasteiger partial charge in [-0.05, 0) is 51.0 Å². The summed E-state index contributed by atoms with van der Waals surface area (Å²) < 4.78 is 6.60. The fraction of sp³-hybridized carbons (Fsp3) is 0.562. The van der Waals surface area contributed by atoms with Crippen molar-refractivity contribution < 1.29 is 9.53 Å². The summed E-state index contributed by atoms with van der Waals surface area (Å²) in [7, 11) is 0. The van der Waals surface area contributed by atoms with Crippen LogP contribution in [0.5, 0.6) is 0 Å². The maximum atomic E-state index is 12.2. The van der Waals surface area contributed by atoms with E-state index in [1.165, 1.54) is 11.3 Å². The first kappa shape index (κ1) is 14.7. The zero-order chi connectivity index (χ0) is 15.2. The lowest BCUT2D eigenvalue weighted by molar-refractivity contribution is 0.0217. The molecule has 114 valence electrons. The lowest BCUT2D eigenvalue weighted by Gasteiger charge is -2.39. The summed E-state index contributed by atoms with van der Waals surface area (Å²) >= 11 is 3.53. The number of ether oxygens (including phenoxy) is 1. The second-order valence-electron chi connectivity index (χ2n) is 6.75. The fourth-order valence-electron chi connectivity index (χ4n) is 3.09. The van der Waals surface area contributed by atoms with Gasteiger partial charge in [-0.1, -0.05) is 15.9 Å². The Kier molecular flexibility index (Phi) is 3.64. The second-order valence-corrected chi connectivity index (χ2v) is 7.67. The van der Waals surface area contributed by atoms with Crippen LogP contribution in [0.3, 0.4) is 0 Å². The molecule has 2 aliphatic rings. The maximum absolute atomic E-state index is 12.2. The average Bonchev–Trinajstić information content (AvgIpc) is 2.72. The Morgan fingerprint density at radius 2 is 2.10 bits per heavy atom. The van der Waals surface area contributed by atoms with Crippen LogP contribution in [-0.2, 0) is 11.2 Å². The minimum Gasteiger partial charge on any atom is -0.444 e. The van der Waals surface area contributed by atoms with Crippen LogP contribution in [0.15, 0.2) is 22.7 Å². The molecule has 0 radical (unpaired) electrons. The third kappa shape index (κ3) is 3.03. The van der Waals surface area contributed by atoms with Gasteiger partial charge in [-0.25, -0.2) is 4.79 Å². The number of piperazine rings is 1. The van der Waals surface area contributed by atoms with Crippen molar-refractivity contribution in [1.29, 1.82) is 0 Å². The van der Waals surface area contributed by atoms with Gasteiger partial charge in [0.05, 0.1) is 6.04 Å².